The van der Waals surface area contributed by atoms with Crippen LogP contribution in [-0.2, 0) is 22.3 Å². The number of alkyl halides is 3. The highest BCUT2D eigenvalue weighted by molar-refractivity contribution is 6.01. The highest BCUT2D eigenvalue weighted by Crippen LogP contribution is 2.36. The largest absolute Gasteiger partial charge is 0.497 e. The second-order valence-electron chi connectivity index (χ2n) is 7.33. The molecule has 1 saturated heterocycles. The predicted octanol–water partition coefficient (Wildman–Crippen LogP) is 3.73. The van der Waals surface area contributed by atoms with Crippen LogP contribution in [0.15, 0.2) is 42.5 Å². The molecule has 0 bridgehead atoms. The molecule has 9 heteroatoms. The van der Waals surface area contributed by atoms with Gasteiger partial charge >= 0.3 is 6.18 Å². The van der Waals surface area contributed by atoms with Crippen LogP contribution < -0.4 is 14.4 Å². The summed E-state index contributed by atoms with van der Waals surface area (Å²) in [7, 11) is 4.57. The number of nitrogens with zero attached hydrogens (tertiary/aromatic N) is 2. The number of carbonyl (C=O) groups excluding carboxylic acids is 2. The minimum Gasteiger partial charge on any atom is -0.497 e. The van der Waals surface area contributed by atoms with Gasteiger partial charge in [-0.3, -0.25) is 9.59 Å². The summed E-state index contributed by atoms with van der Waals surface area (Å²) in [6, 6.07) is 9.75. The zero-order chi connectivity index (χ0) is 22.8. The zero-order valence-electron chi connectivity index (χ0n) is 17.4. The maximum atomic E-state index is 12.9. The van der Waals surface area contributed by atoms with Gasteiger partial charge in [-0.1, -0.05) is 12.1 Å². The van der Waals surface area contributed by atoms with E-state index in [0.717, 1.165) is 12.1 Å². The van der Waals surface area contributed by atoms with Crippen LogP contribution in [0.1, 0.15) is 17.5 Å². The van der Waals surface area contributed by atoms with E-state index in [0.29, 0.717) is 22.7 Å². The van der Waals surface area contributed by atoms with Gasteiger partial charge in [0.25, 0.3) is 0 Å². The number of hydrogen-bond acceptors (Lipinski definition) is 4. The molecule has 0 N–H and O–H groups in total. The highest BCUT2D eigenvalue weighted by Gasteiger charge is 2.38. The summed E-state index contributed by atoms with van der Waals surface area (Å²) < 4.78 is 48.7. The van der Waals surface area contributed by atoms with E-state index < -0.39 is 17.7 Å². The summed E-state index contributed by atoms with van der Waals surface area (Å²) in [4.78, 5) is 28.4. The molecular weight excluding hydrogens is 413 g/mol. The van der Waals surface area contributed by atoms with Crippen molar-refractivity contribution in [2.24, 2.45) is 5.92 Å². The Kier molecular flexibility index (Phi) is 6.42. The van der Waals surface area contributed by atoms with Crippen LogP contribution in [0.3, 0.4) is 0 Å². The Hall–Kier alpha value is -3.23. The molecule has 0 aliphatic carbocycles. The molecule has 166 valence electrons. The number of rotatable bonds is 6. The third-order valence-corrected chi connectivity index (χ3v) is 5.23. The van der Waals surface area contributed by atoms with E-state index >= 15 is 0 Å². The van der Waals surface area contributed by atoms with Crippen LogP contribution in [0.4, 0.5) is 18.9 Å². The standard InChI is InChI=1S/C22H23F3N2O4/c1-26(12-14-4-6-16(7-5-14)22(23,24)25)21(29)15-10-20(28)27(13-15)18-11-17(30-2)8-9-19(18)31-3/h4-9,11,15H,10,12-13H2,1-3H3. The predicted molar refractivity (Wildman–Crippen MR) is 108 cm³/mol. The van der Waals surface area contributed by atoms with Crippen LogP contribution >= 0.6 is 0 Å². The SMILES string of the molecule is COc1ccc(OC)c(N2CC(C(=O)N(C)Cc3ccc(C(F)(F)F)cc3)CC2=O)c1. The molecule has 1 unspecified atom stereocenters. The van der Waals surface area contributed by atoms with Gasteiger partial charge in [-0.05, 0) is 29.8 Å². The van der Waals surface area contributed by atoms with Crippen molar-refractivity contribution in [1.29, 1.82) is 0 Å². The molecule has 2 amide bonds. The number of methoxy groups -OCH3 is 2. The lowest BCUT2D eigenvalue weighted by atomic mass is 10.1. The van der Waals surface area contributed by atoms with Crippen molar-refractivity contribution in [3.63, 3.8) is 0 Å². The van der Waals surface area contributed by atoms with E-state index in [-0.39, 0.29) is 31.3 Å². The number of anilines is 1. The summed E-state index contributed by atoms with van der Waals surface area (Å²) in [6.07, 6.45) is -4.37. The van der Waals surface area contributed by atoms with Crippen molar-refractivity contribution < 1.29 is 32.2 Å². The highest BCUT2D eigenvalue weighted by atomic mass is 19.4. The molecular formula is C22H23F3N2O4. The molecule has 1 fully saturated rings. The van der Waals surface area contributed by atoms with E-state index in [9.17, 15) is 22.8 Å². The molecule has 31 heavy (non-hydrogen) atoms. The first kappa shape index (κ1) is 22.5. The molecule has 0 saturated carbocycles. The maximum absolute atomic E-state index is 12.9. The van der Waals surface area contributed by atoms with Gasteiger partial charge in [-0.2, -0.15) is 13.2 Å². The van der Waals surface area contributed by atoms with Gasteiger partial charge in [0.2, 0.25) is 11.8 Å². The lowest BCUT2D eigenvalue weighted by Crippen LogP contribution is -2.34. The molecule has 0 radical (unpaired) electrons. The summed E-state index contributed by atoms with van der Waals surface area (Å²) in [5, 5.41) is 0. The Bertz CT molecular complexity index is 960. The average molecular weight is 436 g/mol. The van der Waals surface area contributed by atoms with Gasteiger partial charge in [0.05, 0.1) is 31.4 Å². The number of halogens is 3. The van der Waals surface area contributed by atoms with Crippen molar-refractivity contribution in [2.75, 3.05) is 32.7 Å². The summed E-state index contributed by atoms with van der Waals surface area (Å²) in [6.45, 7) is 0.322. The smallest absolute Gasteiger partial charge is 0.416 e. The van der Waals surface area contributed by atoms with Gasteiger partial charge in [-0.25, -0.2) is 0 Å². The van der Waals surface area contributed by atoms with E-state index in [2.05, 4.69) is 0 Å². The molecule has 2 aromatic carbocycles. The quantitative estimate of drug-likeness (QED) is 0.693. The molecule has 1 aliphatic rings. The lowest BCUT2D eigenvalue weighted by Gasteiger charge is -2.23. The summed E-state index contributed by atoms with van der Waals surface area (Å²) in [5.74, 6) is 0.00598. The molecule has 0 spiro atoms. The number of carbonyl (C=O) groups is 2. The Balaban J connectivity index is 1.70. The van der Waals surface area contributed by atoms with Crippen LogP contribution in [-0.4, -0.2) is 44.5 Å². The minimum absolute atomic E-state index is 0.0382. The van der Waals surface area contributed by atoms with Crippen LogP contribution in [0, 0.1) is 5.92 Å². The Morgan fingerprint density at radius 3 is 2.39 bits per heavy atom. The number of ether oxygens (including phenoxy) is 2. The van der Waals surface area contributed by atoms with E-state index in [4.69, 9.17) is 9.47 Å². The fraction of sp³-hybridized carbons (Fsp3) is 0.364. The Morgan fingerprint density at radius 1 is 1.13 bits per heavy atom. The van der Waals surface area contributed by atoms with Crippen LogP contribution in [0.5, 0.6) is 11.5 Å². The van der Waals surface area contributed by atoms with Gasteiger partial charge in [0.15, 0.2) is 0 Å². The Morgan fingerprint density at radius 2 is 1.81 bits per heavy atom. The summed E-state index contributed by atoms with van der Waals surface area (Å²) >= 11 is 0. The molecule has 1 atom stereocenters. The molecule has 1 heterocycles. The van der Waals surface area contributed by atoms with Gasteiger partial charge < -0.3 is 19.3 Å². The molecule has 3 rings (SSSR count). The zero-order valence-corrected chi connectivity index (χ0v) is 17.4. The lowest BCUT2D eigenvalue weighted by molar-refractivity contribution is -0.137. The van der Waals surface area contributed by atoms with Crippen molar-refractivity contribution >= 4 is 17.5 Å². The molecule has 6 nitrogen and oxygen atoms in total. The Labute approximate surface area is 178 Å². The first-order valence-corrected chi connectivity index (χ1v) is 9.57. The van der Waals surface area contributed by atoms with Crippen LogP contribution in [0.2, 0.25) is 0 Å². The molecule has 0 aromatic heterocycles. The van der Waals surface area contributed by atoms with Crippen molar-refractivity contribution in [3.05, 3.63) is 53.6 Å². The topological polar surface area (TPSA) is 59.1 Å². The van der Waals surface area contributed by atoms with Crippen LogP contribution in [0.25, 0.3) is 0 Å². The van der Waals surface area contributed by atoms with Crippen molar-refractivity contribution in [1.82, 2.24) is 4.90 Å². The van der Waals surface area contributed by atoms with Crippen molar-refractivity contribution in [3.8, 4) is 11.5 Å². The normalized spacial score (nSPS) is 16.4. The second kappa shape index (κ2) is 8.87. The van der Waals surface area contributed by atoms with E-state index in [1.165, 1.54) is 36.2 Å². The van der Waals surface area contributed by atoms with Gasteiger partial charge in [-0.15, -0.1) is 0 Å². The first-order chi connectivity index (χ1) is 14.6. The summed E-state index contributed by atoms with van der Waals surface area (Å²) in [5.41, 5.74) is 0.349. The second-order valence-corrected chi connectivity index (χ2v) is 7.33. The van der Waals surface area contributed by atoms with Gasteiger partial charge in [0.1, 0.15) is 11.5 Å². The fourth-order valence-electron chi connectivity index (χ4n) is 3.58. The number of benzene rings is 2. The molecule has 1 aliphatic heterocycles. The third kappa shape index (κ3) is 4.92. The monoisotopic (exact) mass is 436 g/mol. The first-order valence-electron chi connectivity index (χ1n) is 9.57. The van der Waals surface area contributed by atoms with Crippen molar-refractivity contribution in [2.45, 2.75) is 19.1 Å². The average Bonchev–Trinajstić information content (AvgIpc) is 3.13. The maximum Gasteiger partial charge on any atom is 0.416 e. The van der Waals surface area contributed by atoms with Gasteiger partial charge in [0, 0.05) is 32.6 Å². The fourth-order valence-corrected chi connectivity index (χ4v) is 3.58. The number of amides is 2. The van der Waals surface area contributed by atoms with E-state index in [1.807, 2.05) is 0 Å². The number of hydrogen-bond donors (Lipinski definition) is 0. The third-order valence-electron chi connectivity index (χ3n) is 5.23. The molecule has 2 aromatic rings. The van der Waals surface area contributed by atoms with E-state index in [1.54, 1.807) is 25.2 Å². The minimum atomic E-state index is -4.41.